The molecule has 168 valence electrons. The minimum Gasteiger partial charge on any atom is -0.458 e. The number of pyridine rings is 1. The van der Waals surface area contributed by atoms with Gasteiger partial charge >= 0.3 is 12.1 Å². The van der Waals surface area contributed by atoms with E-state index in [1.807, 2.05) is 33.0 Å². The Labute approximate surface area is 180 Å². The molecule has 7 nitrogen and oxygen atoms in total. The molecular formula is C23H37N3O4. The van der Waals surface area contributed by atoms with Crippen LogP contribution in [0.15, 0.2) is 18.3 Å². The number of rotatable bonds is 7. The maximum absolute atomic E-state index is 12.6. The topological polar surface area (TPSA) is 89.5 Å². The Bertz CT molecular complexity index is 722. The third kappa shape index (κ3) is 8.30. The van der Waals surface area contributed by atoms with Crippen LogP contribution in [0.1, 0.15) is 84.5 Å². The molecule has 1 aromatic rings. The highest BCUT2D eigenvalue weighted by atomic mass is 16.6. The summed E-state index contributed by atoms with van der Waals surface area (Å²) in [6.07, 6.45) is 5.65. The van der Waals surface area contributed by atoms with Gasteiger partial charge in [-0.15, -0.1) is 0 Å². The van der Waals surface area contributed by atoms with Crippen molar-refractivity contribution in [1.29, 1.82) is 0 Å². The van der Waals surface area contributed by atoms with Crippen LogP contribution in [-0.4, -0.2) is 40.8 Å². The second-order valence-electron chi connectivity index (χ2n) is 9.82. The molecule has 7 heteroatoms. The number of esters is 1. The summed E-state index contributed by atoms with van der Waals surface area (Å²) in [7, 11) is 0. The van der Waals surface area contributed by atoms with E-state index >= 15 is 0 Å². The van der Waals surface area contributed by atoms with Crippen molar-refractivity contribution >= 4 is 12.1 Å². The molecule has 0 aliphatic heterocycles. The molecule has 0 saturated carbocycles. The standard InChI is InChI=1S/C23H37N3O4/c1-22(2,3)29-20(27)18(26-21(28)30-23(4,5)6)13-9-14-24-17-12-7-10-16-11-8-15-25-19(16)17/h8,11,15,17-18,24H,7,9-10,12-14H2,1-6H3,(H,26,28)/t17?,18-/m0/s1. The Hall–Kier alpha value is -2.15. The molecule has 30 heavy (non-hydrogen) atoms. The van der Waals surface area contributed by atoms with Crippen molar-refractivity contribution in [2.75, 3.05) is 6.54 Å². The van der Waals surface area contributed by atoms with Gasteiger partial charge in [0.25, 0.3) is 0 Å². The third-order valence-electron chi connectivity index (χ3n) is 4.64. The summed E-state index contributed by atoms with van der Waals surface area (Å²) in [6, 6.07) is 3.60. The summed E-state index contributed by atoms with van der Waals surface area (Å²) in [6.45, 7) is 11.5. The van der Waals surface area contributed by atoms with E-state index in [-0.39, 0.29) is 6.04 Å². The van der Waals surface area contributed by atoms with Crippen molar-refractivity contribution in [3.63, 3.8) is 0 Å². The fraction of sp³-hybridized carbons (Fsp3) is 0.696. The second-order valence-corrected chi connectivity index (χ2v) is 9.82. The fourth-order valence-corrected chi connectivity index (χ4v) is 3.46. The maximum Gasteiger partial charge on any atom is 0.408 e. The summed E-state index contributed by atoms with van der Waals surface area (Å²) >= 11 is 0. The lowest BCUT2D eigenvalue weighted by atomic mass is 9.92. The Kier molecular flexibility index (Phi) is 8.24. The van der Waals surface area contributed by atoms with Crippen LogP contribution < -0.4 is 10.6 Å². The molecule has 2 N–H and O–H groups in total. The monoisotopic (exact) mass is 419 g/mol. The lowest BCUT2D eigenvalue weighted by Crippen LogP contribution is -2.46. The van der Waals surface area contributed by atoms with E-state index in [1.54, 1.807) is 20.8 Å². The van der Waals surface area contributed by atoms with Gasteiger partial charge in [0.2, 0.25) is 0 Å². The van der Waals surface area contributed by atoms with E-state index in [9.17, 15) is 9.59 Å². The van der Waals surface area contributed by atoms with Gasteiger partial charge < -0.3 is 20.1 Å². The van der Waals surface area contributed by atoms with Gasteiger partial charge in [0.15, 0.2) is 0 Å². The van der Waals surface area contributed by atoms with Crippen molar-refractivity contribution in [2.45, 2.75) is 96.9 Å². The normalized spacial score (nSPS) is 17.6. The molecule has 1 heterocycles. The van der Waals surface area contributed by atoms with Gasteiger partial charge in [-0.25, -0.2) is 9.59 Å². The first kappa shape index (κ1) is 24.1. The molecule has 0 bridgehead atoms. The van der Waals surface area contributed by atoms with E-state index in [1.165, 1.54) is 5.56 Å². The van der Waals surface area contributed by atoms with Crippen molar-refractivity contribution in [1.82, 2.24) is 15.6 Å². The van der Waals surface area contributed by atoms with Gasteiger partial charge in [-0.05, 0) is 91.8 Å². The average Bonchev–Trinajstić information content (AvgIpc) is 2.61. The molecule has 2 atom stereocenters. The molecule has 0 saturated heterocycles. The van der Waals surface area contributed by atoms with Gasteiger partial charge in [0.05, 0.1) is 5.69 Å². The predicted molar refractivity (Wildman–Crippen MR) is 116 cm³/mol. The Morgan fingerprint density at radius 2 is 1.87 bits per heavy atom. The van der Waals surface area contributed by atoms with E-state index in [4.69, 9.17) is 9.47 Å². The molecule has 1 aromatic heterocycles. The Balaban J connectivity index is 1.90. The number of amides is 1. The largest absolute Gasteiger partial charge is 0.458 e. The van der Waals surface area contributed by atoms with Crippen LogP contribution in [0.5, 0.6) is 0 Å². The lowest BCUT2D eigenvalue weighted by molar-refractivity contribution is -0.157. The molecule has 1 aliphatic carbocycles. The first-order valence-corrected chi connectivity index (χ1v) is 10.8. The van der Waals surface area contributed by atoms with Crippen LogP contribution in [0.25, 0.3) is 0 Å². The minimum absolute atomic E-state index is 0.230. The van der Waals surface area contributed by atoms with Crippen molar-refractivity contribution in [3.05, 3.63) is 29.6 Å². The number of alkyl carbamates (subject to hydrolysis) is 1. The quantitative estimate of drug-likeness (QED) is 0.512. The second kappa shape index (κ2) is 10.2. The van der Waals surface area contributed by atoms with Gasteiger partial charge in [0, 0.05) is 12.2 Å². The number of aromatic nitrogens is 1. The molecule has 1 aliphatic rings. The predicted octanol–water partition coefficient (Wildman–Crippen LogP) is 4.06. The van der Waals surface area contributed by atoms with Crippen LogP contribution in [0, 0.1) is 0 Å². The van der Waals surface area contributed by atoms with Crippen LogP contribution >= 0.6 is 0 Å². The number of fused-ring (bicyclic) bond motifs is 1. The number of aryl methyl sites for hydroxylation is 1. The van der Waals surface area contributed by atoms with Crippen LogP contribution in [0.2, 0.25) is 0 Å². The number of hydrogen-bond acceptors (Lipinski definition) is 6. The minimum atomic E-state index is -0.752. The van der Waals surface area contributed by atoms with Gasteiger partial charge in [0.1, 0.15) is 17.2 Å². The number of ether oxygens (including phenoxy) is 2. The number of nitrogens with zero attached hydrogens (tertiary/aromatic N) is 1. The zero-order chi connectivity index (χ0) is 22.4. The number of nitrogens with one attached hydrogen (secondary N) is 2. The lowest BCUT2D eigenvalue weighted by Gasteiger charge is -2.27. The number of carbonyl (C=O) groups excluding carboxylic acids is 2. The summed E-state index contributed by atoms with van der Waals surface area (Å²) in [5.74, 6) is -0.446. The summed E-state index contributed by atoms with van der Waals surface area (Å²) in [4.78, 5) is 29.3. The van der Waals surface area contributed by atoms with Crippen LogP contribution in [-0.2, 0) is 20.7 Å². The number of hydrogen-bond donors (Lipinski definition) is 2. The Morgan fingerprint density at radius 1 is 1.17 bits per heavy atom. The number of carbonyl (C=O) groups is 2. The first-order chi connectivity index (χ1) is 13.9. The molecule has 0 fully saturated rings. The zero-order valence-corrected chi connectivity index (χ0v) is 19.2. The average molecular weight is 420 g/mol. The van der Waals surface area contributed by atoms with Crippen molar-refractivity contribution in [3.8, 4) is 0 Å². The SMILES string of the molecule is CC(C)(C)OC(=O)N[C@@H](CCCNC1CCCc2cccnc21)C(=O)OC(C)(C)C. The summed E-state index contributed by atoms with van der Waals surface area (Å²) < 4.78 is 10.8. The maximum atomic E-state index is 12.6. The third-order valence-corrected chi connectivity index (χ3v) is 4.64. The van der Waals surface area contributed by atoms with Gasteiger partial charge in [-0.3, -0.25) is 4.98 Å². The molecule has 1 unspecified atom stereocenters. The molecule has 1 amide bonds. The molecule has 0 radical (unpaired) electrons. The van der Waals surface area contributed by atoms with E-state index in [0.717, 1.165) is 31.5 Å². The van der Waals surface area contributed by atoms with E-state index in [2.05, 4.69) is 21.7 Å². The highest BCUT2D eigenvalue weighted by Crippen LogP contribution is 2.27. The highest BCUT2D eigenvalue weighted by Gasteiger charge is 2.28. The van der Waals surface area contributed by atoms with E-state index in [0.29, 0.717) is 12.8 Å². The fourth-order valence-electron chi connectivity index (χ4n) is 3.46. The van der Waals surface area contributed by atoms with Crippen LogP contribution in [0.3, 0.4) is 0 Å². The van der Waals surface area contributed by atoms with Crippen molar-refractivity contribution < 1.29 is 19.1 Å². The molecule has 0 aromatic carbocycles. The first-order valence-electron chi connectivity index (χ1n) is 10.8. The zero-order valence-electron chi connectivity index (χ0n) is 19.2. The van der Waals surface area contributed by atoms with E-state index < -0.39 is 29.3 Å². The molecule has 0 spiro atoms. The summed E-state index contributed by atoms with van der Waals surface area (Å²) in [5.41, 5.74) is 1.17. The summed E-state index contributed by atoms with van der Waals surface area (Å²) in [5, 5.41) is 6.23. The Morgan fingerprint density at radius 3 is 2.53 bits per heavy atom. The highest BCUT2D eigenvalue weighted by molar-refractivity contribution is 5.81. The van der Waals surface area contributed by atoms with Crippen molar-refractivity contribution in [2.24, 2.45) is 0 Å². The molecular weight excluding hydrogens is 382 g/mol. The van der Waals surface area contributed by atoms with Gasteiger partial charge in [-0.2, -0.15) is 0 Å². The smallest absolute Gasteiger partial charge is 0.408 e. The van der Waals surface area contributed by atoms with Gasteiger partial charge in [-0.1, -0.05) is 6.07 Å². The molecule has 2 rings (SSSR count). The van der Waals surface area contributed by atoms with Crippen LogP contribution in [0.4, 0.5) is 4.79 Å².